The van der Waals surface area contributed by atoms with E-state index in [1.54, 1.807) is 0 Å². The highest BCUT2D eigenvalue weighted by Gasteiger charge is 2.30. The summed E-state index contributed by atoms with van der Waals surface area (Å²) >= 11 is 6.01. The molecule has 2 aliphatic rings. The molecule has 31 heavy (non-hydrogen) atoms. The fourth-order valence-corrected chi connectivity index (χ4v) is 4.59. The number of piperidine rings is 1. The number of likely N-dealkylation sites (tertiary alicyclic amines) is 1. The maximum Gasteiger partial charge on any atom is 0.237 e. The van der Waals surface area contributed by atoms with E-state index in [2.05, 4.69) is 45.4 Å². The van der Waals surface area contributed by atoms with E-state index in [1.807, 2.05) is 31.2 Å². The Bertz CT molecular complexity index is 838. The van der Waals surface area contributed by atoms with Crippen LogP contribution in [0, 0.1) is 0 Å². The van der Waals surface area contributed by atoms with Gasteiger partial charge < -0.3 is 10.1 Å². The van der Waals surface area contributed by atoms with E-state index in [9.17, 15) is 4.79 Å². The number of rotatable bonds is 6. The minimum atomic E-state index is -0.166. The summed E-state index contributed by atoms with van der Waals surface area (Å²) in [5, 5.41) is 4.02. The fourth-order valence-electron chi connectivity index (χ4n) is 4.46. The van der Waals surface area contributed by atoms with Gasteiger partial charge in [0.05, 0.1) is 18.8 Å². The summed E-state index contributed by atoms with van der Waals surface area (Å²) in [4.78, 5) is 17.6. The van der Waals surface area contributed by atoms with Crippen molar-refractivity contribution in [2.45, 2.75) is 44.5 Å². The van der Waals surface area contributed by atoms with Gasteiger partial charge in [-0.15, -0.1) is 0 Å². The highest BCUT2D eigenvalue weighted by molar-refractivity contribution is 6.30. The number of carbonyl (C=O) groups is 1. The van der Waals surface area contributed by atoms with Crippen molar-refractivity contribution in [1.82, 2.24) is 15.1 Å². The van der Waals surface area contributed by atoms with Crippen LogP contribution in [0.2, 0.25) is 5.02 Å². The molecule has 0 aliphatic carbocycles. The predicted molar refractivity (Wildman–Crippen MR) is 124 cm³/mol. The lowest BCUT2D eigenvalue weighted by atomic mass is 10.0. The molecule has 2 aliphatic heterocycles. The van der Waals surface area contributed by atoms with Crippen molar-refractivity contribution >= 4 is 17.5 Å². The van der Waals surface area contributed by atoms with Gasteiger partial charge in [0.2, 0.25) is 5.91 Å². The highest BCUT2D eigenvalue weighted by atomic mass is 35.5. The van der Waals surface area contributed by atoms with E-state index in [0.717, 1.165) is 49.6 Å². The molecule has 2 atom stereocenters. The van der Waals surface area contributed by atoms with Gasteiger partial charge in [0.1, 0.15) is 0 Å². The molecular weight excluding hydrogens is 410 g/mol. The Hall–Kier alpha value is -1.92. The van der Waals surface area contributed by atoms with Crippen LogP contribution >= 0.6 is 11.6 Å². The Morgan fingerprint density at radius 3 is 2.52 bits per heavy atom. The fraction of sp³-hybridized carbons (Fsp3) is 0.480. The first-order valence-corrected chi connectivity index (χ1v) is 11.6. The van der Waals surface area contributed by atoms with Crippen LogP contribution in [0.5, 0.6) is 0 Å². The second-order valence-electron chi connectivity index (χ2n) is 8.63. The molecule has 2 fully saturated rings. The van der Waals surface area contributed by atoms with Gasteiger partial charge in [-0.05, 0) is 43.0 Å². The monoisotopic (exact) mass is 441 g/mol. The molecule has 0 radical (unpaired) electrons. The number of carbonyl (C=O) groups excluding carboxylic acids is 1. The van der Waals surface area contributed by atoms with E-state index in [0.29, 0.717) is 13.2 Å². The zero-order chi connectivity index (χ0) is 21.6. The van der Waals surface area contributed by atoms with E-state index < -0.39 is 0 Å². The van der Waals surface area contributed by atoms with Gasteiger partial charge in [-0.1, -0.05) is 54.1 Å². The maximum absolute atomic E-state index is 12.9. The standard InChI is InChI=1S/C25H32ClN3O2/c1-19(29-15-16-31-24(18-29)21-7-9-22(26)10-8-21)25(30)27-23-11-13-28(14-12-23)17-20-5-3-2-4-6-20/h2-10,19,23-24H,11-18H2,1H3,(H,27,30)/t19-,24-/m1/s1. The van der Waals surface area contributed by atoms with Gasteiger partial charge in [-0.25, -0.2) is 0 Å². The van der Waals surface area contributed by atoms with Gasteiger partial charge in [0.25, 0.3) is 0 Å². The number of morpholine rings is 1. The normalized spacial score (nSPS) is 22.2. The summed E-state index contributed by atoms with van der Waals surface area (Å²) in [7, 11) is 0. The molecule has 166 valence electrons. The van der Waals surface area contributed by atoms with Gasteiger partial charge in [0.15, 0.2) is 0 Å². The minimum absolute atomic E-state index is 0.0255. The topological polar surface area (TPSA) is 44.8 Å². The lowest BCUT2D eigenvalue weighted by molar-refractivity contribution is -0.130. The van der Waals surface area contributed by atoms with Gasteiger partial charge in [-0.2, -0.15) is 0 Å². The molecule has 4 rings (SSSR count). The number of ether oxygens (including phenoxy) is 1. The van der Waals surface area contributed by atoms with Crippen molar-refractivity contribution in [3.05, 3.63) is 70.7 Å². The van der Waals surface area contributed by atoms with Gasteiger partial charge >= 0.3 is 0 Å². The van der Waals surface area contributed by atoms with Crippen LogP contribution in [0.15, 0.2) is 54.6 Å². The zero-order valence-electron chi connectivity index (χ0n) is 18.2. The number of hydrogen-bond donors (Lipinski definition) is 1. The van der Waals surface area contributed by atoms with Crippen LogP contribution in [-0.4, -0.2) is 60.6 Å². The van der Waals surface area contributed by atoms with Crippen LogP contribution < -0.4 is 5.32 Å². The summed E-state index contributed by atoms with van der Waals surface area (Å²) in [5.74, 6) is 0.123. The summed E-state index contributed by atoms with van der Waals surface area (Å²) in [5.41, 5.74) is 2.45. The van der Waals surface area contributed by atoms with Crippen molar-refractivity contribution in [3.8, 4) is 0 Å². The summed E-state index contributed by atoms with van der Waals surface area (Å²) in [6.45, 7) is 7.14. The number of amides is 1. The van der Waals surface area contributed by atoms with Gasteiger partial charge in [-0.3, -0.25) is 14.6 Å². The maximum atomic E-state index is 12.9. The highest BCUT2D eigenvalue weighted by Crippen LogP contribution is 2.25. The first-order chi connectivity index (χ1) is 15.1. The SMILES string of the molecule is C[C@H](C(=O)NC1CCN(Cc2ccccc2)CC1)N1CCO[C@@H](c2ccc(Cl)cc2)C1. The lowest BCUT2D eigenvalue weighted by Crippen LogP contribution is -2.53. The van der Waals surface area contributed by atoms with Crippen molar-refractivity contribution in [1.29, 1.82) is 0 Å². The molecule has 2 aromatic carbocycles. The Balaban J connectivity index is 1.24. The average molecular weight is 442 g/mol. The van der Waals surface area contributed by atoms with Crippen molar-refractivity contribution < 1.29 is 9.53 Å². The number of hydrogen-bond acceptors (Lipinski definition) is 4. The van der Waals surface area contributed by atoms with E-state index in [1.165, 1.54) is 5.56 Å². The van der Waals surface area contributed by atoms with Crippen LogP contribution in [0.1, 0.15) is 37.0 Å². The molecule has 0 aromatic heterocycles. The lowest BCUT2D eigenvalue weighted by Gasteiger charge is -2.38. The number of nitrogens with one attached hydrogen (secondary N) is 1. The van der Waals surface area contributed by atoms with Crippen LogP contribution in [0.3, 0.4) is 0 Å². The number of halogens is 1. The van der Waals surface area contributed by atoms with Crippen molar-refractivity contribution in [2.24, 2.45) is 0 Å². The third-order valence-corrected chi connectivity index (χ3v) is 6.70. The van der Waals surface area contributed by atoms with E-state index in [-0.39, 0.29) is 24.1 Å². The minimum Gasteiger partial charge on any atom is -0.371 e. The number of benzene rings is 2. The Morgan fingerprint density at radius 2 is 1.81 bits per heavy atom. The zero-order valence-corrected chi connectivity index (χ0v) is 18.9. The number of nitrogens with zero attached hydrogens (tertiary/aromatic N) is 2. The molecule has 0 unspecified atom stereocenters. The molecule has 5 nitrogen and oxygen atoms in total. The molecule has 0 spiro atoms. The summed E-state index contributed by atoms with van der Waals surface area (Å²) < 4.78 is 5.95. The van der Waals surface area contributed by atoms with Crippen molar-refractivity contribution in [2.75, 3.05) is 32.8 Å². The van der Waals surface area contributed by atoms with E-state index in [4.69, 9.17) is 16.3 Å². The van der Waals surface area contributed by atoms with Gasteiger partial charge in [0, 0.05) is 43.8 Å². The first-order valence-electron chi connectivity index (χ1n) is 11.3. The first kappa shape index (κ1) is 22.3. The molecule has 0 bridgehead atoms. The largest absolute Gasteiger partial charge is 0.371 e. The molecule has 1 N–H and O–H groups in total. The average Bonchev–Trinajstić information content (AvgIpc) is 2.81. The Kier molecular flexibility index (Phi) is 7.62. The summed E-state index contributed by atoms with van der Waals surface area (Å²) in [6, 6.07) is 18.5. The van der Waals surface area contributed by atoms with E-state index >= 15 is 0 Å². The third kappa shape index (κ3) is 6.07. The molecule has 1 amide bonds. The second-order valence-corrected chi connectivity index (χ2v) is 9.06. The Labute approximate surface area is 190 Å². The van der Waals surface area contributed by atoms with Crippen LogP contribution in [0.4, 0.5) is 0 Å². The molecule has 2 saturated heterocycles. The molecule has 2 heterocycles. The second kappa shape index (κ2) is 10.6. The quantitative estimate of drug-likeness (QED) is 0.738. The van der Waals surface area contributed by atoms with Crippen molar-refractivity contribution in [3.63, 3.8) is 0 Å². The summed E-state index contributed by atoms with van der Waals surface area (Å²) in [6.07, 6.45) is 1.98. The smallest absolute Gasteiger partial charge is 0.237 e. The Morgan fingerprint density at radius 1 is 1.10 bits per heavy atom. The predicted octanol–water partition coefficient (Wildman–Crippen LogP) is 3.88. The van der Waals surface area contributed by atoms with Crippen LogP contribution in [0.25, 0.3) is 0 Å². The molecule has 6 heteroatoms. The molecule has 0 saturated carbocycles. The van der Waals surface area contributed by atoms with Crippen LogP contribution in [-0.2, 0) is 16.1 Å². The molecular formula is C25H32ClN3O2. The molecule has 2 aromatic rings. The third-order valence-electron chi connectivity index (χ3n) is 6.45.